The summed E-state index contributed by atoms with van der Waals surface area (Å²) in [5.41, 5.74) is 0. The fraction of sp³-hybridized carbons (Fsp3) is 0.538. The second-order valence-corrected chi connectivity index (χ2v) is 4.14. The summed E-state index contributed by atoms with van der Waals surface area (Å²) in [6.07, 6.45) is 0.795. The van der Waals surface area contributed by atoms with Crippen molar-refractivity contribution in [2.45, 2.75) is 39.3 Å². The maximum absolute atomic E-state index is 13.3. The van der Waals surface area contributed by atoms with Gasteiger partial charge in [-0.15, -0.1) is 0 Å². The van der Waals surface area contributed by atoms with Gasteiger partial charge in [0.1, 0.15) is 11.9 Å². The number of ether oxygens (including phenoxy) is 1. The van der Waals surface area contributed by atoms with Gasteiger partial charge in [0.15, 0.2) is 11.6 Å². The molecule has 96 valence electrons. The first-order valence-corrected chi connectivity index (χ1v) is 5.89. The maximum atomic E-state index is 13.3. The van der Waals surface area contributed by atoms with Crippen LogP contribution in [0.2, 0.25) is 0 Å². The molecule has 1 aromatic carbocycles. The van der Waals surface area contributed by atoms with Crippen LogP contribution in [0.1, 0.15) is 27.2 Å². The number of hydrogen-bond donors (Lipinski definition) is 1. The van der Waals surface area contributed by atoms with E-state index in [0.29, 0.717) is 0 Å². The summed E-state index contributed by atoms with van der Waals surface area (Å²) >= 11 is 0. The first kappa shape index (κ1) is 13.9. The van der Waals surface area contributed by atoms with E-state index in [4.69, 9.17) is 4.74 Å². The predicted octanol–water partition coefficient (Wildman–Crippen LogP) is 3.12. The van der Waals surface area contributed by atoms with E-state index in [1.54, 1.807) is 0 Å². The summed E-state index contributed by atoms with van der Waals surface area (Å²) in [5.74, 6) is -1.08. The molecule has 0 amide bonds. The molecule has 4 heteroatoms. The molecule has 0 aliphatic heterocycles. The molecule has 0 aliphatic rings. The quantitative estimate of drug-likeness (QED) is 0.828. The third-order valence-electron chi connectivity index (χ3n) is 2.63. The van der Waals surface area contributed by atoms with E-state index in [1.807, 2.05) is 13.8 Å². The maximum Gasteiger partial charge on any atom is 0.165 e. The van der Waals surface area contributed by atoms with Crippen LogP contribution in [0, 0.1) is 11.6 Å². The topological polar surface area (TPSA) is 21.3 Å². The Morgan fingerprint density at radius 2 is 2.00 bits per heavy atom. The van der Waals surface area contributed by atoms with Crippen molar-refractivity contribution >= 4 is 0 Å². The van der Waals surface area contributed by atoms with Gasteiger partial charge in [-0.3, -0.25) is 0 Å². The van der Waals surface area contributed by atoms with E-state index in [0.717, 1.165) is 31.2 Å². The van der Waals surface area contributed by atoms with Crippen LogP contribution in [0.25, 0.3) is 0 Å². The van der Waals surface area contributed by atoms with Crippen molar-refractivity contribution < 1.29 is 13.5 Å². The lowest BCUT2D eigenvalue weighted by Gasteiger charge is -2.22. The molecule has 17 heavy (non-hydrogen) atoms. The van der Waals surface area contributed by atoms with E-state index < -0.39 is 11.6 Å². The van der Waals surface area contributed by atoms with Gasteiger partial charge in [0, 0.05) is 12.1 Å². The summed E-state index contributed by atoms with van der Waals surface area (Å²) in [6.45, 7) is 6.73. The zero-order chi connectivity index (χ0) is 12.8. The molecule has 0 heterocycles. The molecule has 2 unspecified atom stereocenters. The van der Waals surface area contributed by atoms with Gasteiger partial charge in [-0.05, 0) is 38.9 Å². The number of halogens is 2. The zero-order valence-corrected chi connectivity index (χ0v) is 10.5. The van der Waals surface area contributed by atoms with E-state index >= 15 is 0 Å². The Balaban J connectivity index is 2.60. The normalized spacial score (nSPS) is 14.4. The lowest BCUT2D eigenvalue weighted by molar-refractivity contribution is 0.170. The van der Waals surface area contributed by atoms with Crippen LogP contribution < -0.4 is 10.1 Å². The third-order valence-corrected chi connectivity index (χ3v) is 2.63. The molecule has 0 aliphatic carbocycles. The SMILES string of the molecule is CCCNC(C)C(C)Oc1cc(F)ccc1F. The lowest BCUT2D eigenvalue weighted by atomic mass is 10.2. The van der Waals surface area contributed by atoms with Crippen LogP contribution in [0.3, 0.4) is 0 Å². The molecule has 1 aromatic rings. The highest BCUT2D eigenvalue weighted by molar-refractivity contribution is 5.25. The van der Waals surface area contributed by atoms with Crippen molar-refractivity contribution in [2.24, 2.45) is 0 Å². The second-order valence-electron chi connectivity index (χ2n) is 4.14. The standard InChI is InChI=1S/C13H19F2NO/c1-4-7-16-9(2)10(3)17-13-8-11(14)5-6-12(13)15/h5-6,8-10,16H,4,7H2,1-3H3. The average molecular weight is 243 g/mol. The Kier molecular flexibility index (Phi) is 5.35. The molecule has 1 N–H and O–H groups in total. The number of rotatable bonds is 6. The Bertz CT molecular complexity index is 357. The highest BCUT2D eigenvalue weighted by Crippen LogP contribution is 2.20. The van der Waals surface area contributed by atoms with Gasteiger partial charge in [0.25, 0.3) is 0 Å². The highest BCUT2D eigenvalue weighted by atomic mass is 19.1. The van der Waals surface area contributed by atoms with Gasteiger partial charge in [-0.2, -0.15) is 0 Å². The third kappa shape index (κ3) is 4.30. The first-order valence-electron chi connectivity index (χ1n) is 5.89. The van der Waals surface area contributed by atoms with Crippen molar-refractivity contribution in [2.75, 3.05) is 6.54 Å². The smallest absolute Gasteiger partial charge is 0.165 e. The molecule has 0 spiro atoms. The van der Waals surface area contributed by atoms with Gasteiger partial charge in [0.2, 0.25) is 0 Å². The van der Waals surface area contributed by atoms with Gasteiger partial charge in [-0.25, -0.2) is 8.78 Å². The summed E-state index contributed by atoms with van der Waals surface area (Å²) in [6, 6.07) is 3.29. The molecule has 0 radical (unpaired) electrons. The summed E-state index contributed by atoms with van der Waals surface area (Å²) in [4.78, 5) is 0. The van der Waals surface area contributed by atoms with E-state index in [1.165, 1.54) is 0 Å². The molecule has 1 rings (SSSR count). The largest absolute Gasteiger partial charge is 0.486 e. The summed E-state index contributed by atoms with van der Waals surface area (Å²) in [7, 11) is 0. The van der Waals surface area contributed by atoms with Gasteiger partial charge in [-0.1, -0.05) is 6.92 Å². The van der Waals surface area contributed by atoms with Gasteiger partial charge in [0.05, 0.1) is 0 Å². The van der Waals surface area contributed by atoms with Gasteiger partial charge >= 0.3 is 0 Å². The second kappa shape index (κ2) is 6.55. The summed E-state index contributed by atoms with van der Waals surface area (Å²) < 4.78 is 31.7. The Morgan fingerprint density at radius 1 is 1.29 bits per heavy atom. The van der Waals surface area contributed by atoms with Crippen LogP contribution in [0.5, 0.6) is 5.75 Å². The predicted molar refractivity (Wildman–Crippen MR) is 64.2 cm³/mol. The number of nitrogens with one attached hydrogen (secondary N) is 1. The van der Waals surface area contributed by atoms with Crippen LogP contribution in [0.15, 0.2) is 18.2 Å². The van der Waals surface area contributed by atoms with E-state index in [9.17, 15) is 8.78 Å². The van der Waals surface area contributed by atoms with Crippen LogP contribution in [-0.2, 0) is 0 Å². The minimum atomic E-state index is -0.541. The van der Waals surface area contributed by atoms with Crippen molar-refractivity contribution in [1.29, 1.82) is 0 Å². The molecule has 2 nitrogen and oxygen atoms in total. The molecular formula is C13H19F2NO. The Morgan fingerprint density at radius 3 is 2.65 bits per heavy atom. The lowest BCUT2D eigenvalue weighted by Crippen LogP contribution is -2.39. The molecule has 0 aromatic heterocycles. The fourth-order valence-electron chi connectivity index (χ4n) is 1.41. The molecule has 2 atom stereocenters. The highest BCUT2D eigenvalue weighted by Gasteiger charge is 2.15. The van der Waals surface area contributed by atoms with Crippen LogP contribution in [-0.4, -0.2) is 18.7 Å². The Labute approximate surface area is 101 Å². The van der Waals surface area contributed by atoms with Crippen molar-refractivity contribution in [1.82, 2.24) is 5.32 Å². The zero-order valence-electron chi connectivity index (χ0n) is 10.5. The molecule has 0 saturated heterocycles. The number of benzene rings is 1. The minimum Gasteiger partial charge on any atom is -0.486 e. The summed E-state index contributed by atoms with van der Waals surface area (Å²) in [5, 5.41) is 3.25. The van der Waals surface area contributed by atoms with Crippen LogP contribution in [0.4, 0.5) is 8.78 Å². The fourth-order valence-corrected chi connectivity index (χ4v) is 1.41. The molecule has 0 bridgehead atoms. The monoisotopic (exact) mass is 243 g/mol. The first-order chi connectivity index (χ1) is 8.04. The van der Waals surface area contributed by atoms with Crippen molar-refractivity contribution in [3.8, 4) is 5.75 Å². The molecule has 0 fully saturated rings. The molecule has 0 saturated carbocycles. The number of hydrogen-bond acceptors (Lipinski definition) is 2. The van der Waals surface area contributed by atoms with E-state index in [-0.39, 0.29) is 17.9 Å². The minimum absolute atomic E-state index is 0.0392. The Hall–Kier alpha value is -1.16. The van der Waals surface area contributed by atoms with Gasteiger partial charge < -0.3 is 10.1 Å². The van der Waals surface area contributed by atoms with Crippen molar-refractivity contribution in [3.63, 3.8) is 0 Å². The van der Waals surface area contributed by atoms with Crippen molar-refractivity contribution in [3.05, 3.63) is 29.8 Å². The van der Waals surface area contributed by atoms with Crippen LogP contribution >= 0.6 is 0 Å². The van der Waals surface area contributed by atoms with E-state index in [2.05, 4.69) is 12.2 Å². The average Bonchev–Trinajstić information content (AvgIpc) is 2.30. The molecular weight excluding hydrogens is 224 g/mol.